The standard InChI is InChI=1S/C14H20FNO2/c1-16(10-12-6-2-3-8-18-12)9-11-5-4-7-13(15)14(11)17/h4-5,7,12,17H,2-3,6,8-10H2,1H3. The normalized spacial score (nSPS) is 20.3. The van der Waals surface area contributed by atoms with E-state index in [2.05, 4.69) is 4.90 Å². The Balaban J connectivity index is 1.90. The van der Waals surface area contributed by atoms with Crippen molar-refractivity contribution >= 4 is 0 Å². The van der Waals surface area contributed by atoms with Crippen LogP contribution < -0.4 is 0 Å². The van der Waals surface area contributed by atoms with Gasteiger partial charge >= 0.3 is 0 Å². The largest absolute Gasteiger partial charge is 0.505 e. The van der Waals surface area contributed by atoms with Crippen molar-refractivity contribution < 1.29 is 14.2 Å². The lowest BCUT2D eigenvalue weighted by Gasteiger charge is -2.27. The first-order chi connectivity index (χ1) is 8.66. The number of phenolic OH excluding ortho intramolecular Hbond substituents is 1. The zero-order chi connectivity index (χ0) is 13.0. The van der Waals surface area contributed by atoms with E-state index in [1.165, 1.54) is 12.5 Å². The van der Waals surface area contributed by atoms with Crippen molar-refractivity contribution in [2.45, 2.75) is 31.9 Å². The minimum atomic E-state index is -0.560. The van der Waals surface area contributed by atoms with Crippen molar-refractivity contribution in [2.24, 2.45) is 0 Å². The summed E-state index contributed by atoms with van der Waals surface area (Å²) in [7, 11) is 1.96. The fourth-order valence-electron chi connectivity index (χ4n) is 2.34. The number of hydrogen-bond donors (Lipinski definition) is 1. The molecule has 0 radical (unpaired) electrons. The van der Waals surface area contributed by atoms with Crippen molar-refractivity contribution in [1.82, 2.24) is 4.90 Å². The van der Waals surface area contributed by atoms with Gasteiger partial charge < -0.3 is 9.84 Å². The van der Waals surface area contributed by atoms with Gasteiger partial charge in [0.15, 0.2) is 11.6 Å². The molecule has 0 aromatic heterocycles. The molecular weight excluding hydrogens is 233 g/mol. The summed E-state index contributed by atoms with van der Waals surface area (Å²) in [5.41, 5.74) is 0.619. The van der Waals surface area contributed by atoms with Gasteiger partial charge in [-0.05, 0) is 32.4 Å². The summed E-state index contributed by atoms with van der Waals surface area (Å²) < 4.78 is 18.9. The second-order valence-corrected chi connectivity index (χ2v) is 4.93. The van der Waals surface area contributed by atoms with Crippen molar-refractivity contribution in [3.63, 3.8) is 0 Å². The number of hydrogen-bond acceptors (Lipinski definition) is 3. The number of nitrogens with zero attached hydrogens (tertiary/aromatic N) is 1. The molecule has 1 aromatic carbocycles. The average molecular weight is 253 g/mol. The van der Waals surface area contributed by atoms with Crippen LogP contribution in [0.15, 0.2) is 18.2 Å². The third-order valence-corrected chi connectivity index (χ3v) is 3.30. The van der Waals surface area contributed by atoms with Gasteiger partial charge in [0.25, 0.3) is 0 Å². The molecular formula is C14H20FNO2. The molecule has 2 rings (SSSR count). The molecule has 0 bridgehead atoms. The summed E-state index contributed by atoms with van der Waals surface area (Å²) in [5, 5.41) is 9.62. The molecule has 1 atom stereocenters. The number of halogens is 1. The highest BCUT2D eigenvalue weighted by molar-refractivity contribution is 5.33. The van der Waals surface area contributed by atoms with E-state index < -0.39 is 5.82 Å². The van der Waals surface area contributed by atoms with Gasteiger partial charge in [-0.15, -0.1) is 0 Å². The lowest BCUT2D eigenvalue weighted by atomic mass is 10.1. The van der Waals surface area contributed by atoms with Gasteiger partial charge in [0.2, 0.25) is 0 Å². The predicted octanol–water partition coefficient (Wildman–Crippen LogP) is 2.53. The first kappa shape index (κ1) is 13.3. The van der Waals surface area contributed by atoms with E-state index in [1.54, 1.807) is 12.1 Å². The molecule has 0 spiro atoms. The van der Waals surface area contributed by atoms with Crippen LogP contribution in [0.3, 0.4) is 0 Å². The Morgan fingerprint density at radius 2 is 2.28 bits per heavy atom. The zero-order valence-corrected chi connectivity index (χ0v) is 10.7. The topological polar surface area (TPSA) is 32.7 Å². The van der Waals surface area contributed by atoms with Gasteiger partial charge in [0.05, 0.1) is 6.10 Å². The maximum Gasteiger partial charge on any atom is 0.165 e. The Labute approximate surface area is 107 Å². The number of phenols is 1. The van der Waals surface area contributed by atoms with Crippen LogP contribution in [0, 0.1) is 5.82 Å². The van der Waals surface area contributed by atoms with Gasteiger partial charge in [-0.25, -0.2) is 4.39 Å². The molecule has 1 aromatic rings. The summed E-state index contributed by atoms with van der Waals surface area (Å²) in [6, 6.07) is 4.63. The zero-order valence-electron chi connectivity index (χ0n) is 10.7. The molecule has 1 aliphatic heterocycles. The van der Waals surface area contributed by atoms with Crippen LogP contribution in [-0.2, 0) is 11.3 Å². The van der Waals surface area contributed by atoms with Gasteiger partial charge in [-0.2, -0.15) is 0 Å². The van der Waals surface area contributed by atoms with Crippen LogP contribution in [0.1, 0.15) is 24.8 Å². The van der Waals surface area contributed by atoms with Crippen molar-refractivity contribution in [3.05, 3.63) is 29.6 Å². The summed E-state index contributed by atoms with van der Waals surface area (Å²) >= 11 is 0. The van der Waals surface area contributed by atoms with E-state index in [0.29, 0.717) is 12.1 Å². The van der Waals surface area contributed by atoms with Crippen molar-refractivity contribution in [2.75, 3.05) is 20.2 Å². The SMILES string of the molecule is CN(Cc1cccc(F)c1O)CC1CCCCO1. The summed E-state index contributed by atoms with van der Waals surface area (Å²) in [6.07, 6.45) is 3.70. The first-order valence-electron chi connectivity index (χ1n) is 6.43. The minimum absolute atomic E-state index is 0.242. The summed E-state index contributed by atoms with van der Waals surface area (Å²) in [6.45, 7) is 2.18. The Morgan fingerprint density at radius 3 is 3.00 bits per heavy atom. The molecule has 0 saturated carbocycles. The van der Waals surface area contributed by atoms with E-state index in [9.17, 15) is 9.50 Å². The lowest BCUT2D eigenvalue weighted by Crippen LogP contribution is -2.33. The molecule has 1 fully saturated rings. The highest BCUT2D eigenvalue weighted by Crippen LogP contribution is 2.22. The Hall–Kier alpha value is -1.13. The molecule has 4 heteroatoms. The molecule has 1 N–H and O–H groups in total. The maximum absolute atomic E-state index is 13.2. The molecule has 1 saturated heterocycles. The Bertz CT molecular complexity index is 391. The van der Waals surface area contributed by atoms with Crippen LogP contribution in [-0.4, -0.2) is 36.3 Å². The second-order valence-electron chi connectivity index (χ2n) is 4.93. The van der Waals surface area contributed by atoms with E-state index in [4.69, 9.17) is 4.74 Å². The number of aromatic hydroxyl groups is 1. The van der Waals surface area contributed by atoms with E-state index in [1.807, 2.05) is 7.05 Å². The summed E-state index contributed by atoms with van der Waals surface area (Å²) in [5.74, 6) is -0.802. The lowest BCUT2D eigenvalue weighted by molar-refractivity contribution is -0.00269. The van der Waals surface area contributed by atoms with Gasteiger partial charge in [0.1, 0.15) is 0 Å². The molecule has 0 amide bonds. The Kier molecular flexibility index (Phi) is 4.55. The van der Waals surface area contributed by atoms with Crippen LogP contribution in [0.25, 0.3) is 0 Å². The van der Waals surface area contributed by atoms with Gasteiger partial charge in [0, 0.05) is 25.3 Å². The van der Waals surface area contributed by atoms with Crippen LogP contribution >= 0.6 is 0 Å². The number of likely N-dealkylation sites (N-methyl/N-ethyl adjacent to an activating group) is 1. The molecule has 3 nitrogen and oxygen atoms in total. The third kappa shape index (κ3) is 3.43. The van der Waals surface area contributed by atoms with E-state index in [-0.39, 0.29) is 11.9 Å². The fourth-order valence-corrected chi connectivity index (χ4v) is 2.34. The summed E-state index contributed by atoms with van der Waals surface area (Å²) in [4.78, 5) is 2.06. The number of benzene rings is 1. The van der Waals surface area contributed by atoms with Crippen molar-refractivity contribution in [3.8, 4) is 5.75 Å². The molecule has 0 aliphatic carbocycles. The quantitative estimate of drug-likeness (QED) is 0.895. The van der Waals surface area contributed by atoms with E-state index >= 15 is 0 Å². The highest BCUT2D eigenvalue weighted by Gasteiger charge is 2.17. The average Bonchev–Trinajstić information content (AvgIpc) is 2.36. The van der Waals surface area contributed by atoms with Crippen LogP contribution in [0.4, 0.5) is 4.39 Å². The number of ether oxygens (including phenoxy) is 1. The smallest absolute Gasteiger partial charge is 0.165 e. The monoisotopic (exact) mass is 253 g/mol. The second kappa shape index (κ2) is 6.16. The third-order valence-electron chi connectivity index (χ3n) is 3.30. The van der Waals surface area contributed by atoms with Crippen molar-refractivity contribution in [1.29, 1.82) is 0 Å². The predicted molar refractivity (Wildman–Crippen MR) is 68.0 cm³/mol. The van der Waals surface area contributed by atoms with Gasteiger partial charge in [-0.3, -0.25) is 4.90 Å². The molecule has 1 heterocycles. The molecule has 100 valence electrons. The minimum Gasteiger partial charge on any atom is -0.505 e. The fraction of sp³-hybridized carbons (Fsp3) is 0.571. The molecule has 18 heavy (non-hydrogen) atoms. The van der Waals surface area contributed by atoms with Crippen LogP contribution in [0.2, 0.25) is 0 Å². The van der Waals surface area contributed by atoms with E-state index in [0.717, 1.165) is 26.0 Å². The number of para-hydroxylation sites is 1. The highest BCUT2D eigenvalue weighted by atomic mass is 19.1. The molecule has 1 aliphatic rings. The number of rotatable bonds is 4. The molecule has 1 unspecified atom stereocenters. The first-order valence-corrected chi connectivity index (χ1v) is 6.43. The van der Waals surface area contributed by atoms with Crippen LogP contribution in [0.5, 0.6) is 5.75 Å². The Morgan fingerprint density at radius 1 is 1.44 bits per heavy atom. The maximum atomic E-state index is 13.2. The van der Waals surface area contributed by atoms with Gasteiger partial charge in [-0.1, -0.05) is 12.1 Å².